The summed E-state index contributed by atoms with van der Waals surface area (Å²) >= 11 is 0. The molecule has 2 aromatic heterocycles. The lowest BCUT2D eigenvalue weighted by molar-refractivity contribution is 0.304. The molecule has 9 heteroatoms. The number of nitrogens with zero attached hydrogens (tertiary/aromatic N) is 2. The molecule has 3 aromatic rings. The standard InChI is InChI=1S/C17H14F2N2O4S/c1-26(22,23)25-10-12-5-16-17(20-7-12)6-13(8-21-16)24-9-11-2-3-14(18)15(19)4-11/h2-8H,9-10H2,1H3. The minimum Gasteiger partial charge on any atom is -0.487 e. The van der Waals surface area contributed by atoms with Crippen molar-refractivity contribution in [2.45, 2.75) is 13.2 Å². The second-order valence-corrected chi connectivity index (χ2v) is 7.20. The monoisotopic (exact) mass is 380 g/mol. The summed E-state index contributed by atoms with van der Waals surface area (Å²) in [4.78, 5) is 8.40. The zero-order valence-electron chi connectivity index (χ0n) is 13.6. The van der Waals surface area contributed by atoms with Crippen LogP contribution in [0.15, 0.2) is 42.7 Å². The van der Waals surface area contributed by atoms with E-state index in [2.05, 4.69) is 9.97 Å². The first-order valence-corrected chi connectivity index (χ1v) is 9.27. The molecule has 0 atom stereocenters. The van der Waals surface area contributed by atoms with Crippen molar-refractivity contribution < 1.29 is 26.1 Å². The molecule has 6 nitrogen and oxygen atoms in total. The van der Waals surface area contributed by atoms with E-state index in [-0.39, 0.29) is 13.2 Å². The van der Waals surface area contributed by atoms with Crippen molar-refractivity contribution >= 4 is 21.2 Å². The molecule has 0 N–H and O–H groups in total. The predicted molar refractivity (Wildman–Crippen MR) is 89.9 cm³/mol. The number of aromatic nitrogens is 2. The molecule has 0 aliphatic carbocycles. The van der Waals surface area contributed by atoms with E-state index in [0.717, 1.165) is 18.4 Å². The molecule has 0 amide bonds. The number of rotatable bonds is 6. The molecule has 0 unspecified atom stereocenters. The highest BCUT2D eigenvalue weighted by molar-refractivity contribution is 7.85. The largest absolute Gasteiger partial charge is 0.487 e. The third kappa shape index (κ3) is 4.70. The summed E-state index contributed by atoms with van der Waals surface area (Å²) in [5.41, 5.74) is 2.12. The quantitative estimate of drug-likeness (QED) is 0.612. The number of benzene rings is 1. The zero-order valence-corrected chi connectivity index (χ0v) is 14.5. The van der Waals surface area contributed by atoms with E-state index >= 15 is 0 Å². The minimum absolute atomic E-state index is 0.0463. The predicted octanol–water partition coefficient (Wildman–Crippen LogP) is 2.96. The lowest BCUT2D eigenvalue weighted by Crippen LogP contribution is -2.03. The van der Waals surface area contributed by atoms with Gasteiger partial charge in [0, 0.05) is 12.3 Å². The van der Waals surface area contributed by atoms with Gasteiger partial charge in [-0.25, -0.2) is 8.78 Å². The fraction of sp³-hybridized carbons (Fsp3) is 0.176. The molecule has 1 aromatic carbocycles. The molecule has 0 saturated carbocycles. The van der Waals surface area contributed by atoms with Gasteiger partial charge in [0.05, 0.1) is 30.1 Å². The van der Waals surface area contributed by atoms with Crippen molar-refractivity contribution in [3.8, 4) is 5.75 Å². The lowest BCUT2D eigenvalue weighted by Gasteiger charge is -2.08. The first-order valence-electron chi connectivity index (χ1n) is 7.46. The maximum atomic E-state index is 13.2. The molecule has 0 aliphatic heterocycles. The molecule has 0 fully saturated rings. The fourth-order valence-electron chi connectivity index (χ4n) is 2.15. The molecular weight excluding hydrogens is 366 g/mol. The van der Waals surface area contributed by atoms with Crippen LogP contribution in [-0.4, -0.2) is 24.6 Å². The highest BCUT2D eigenvalue weighted by Gasteiger charge is 2.07. The molecule has 0 saturated heterocycles. The third-order valence-corrected chi connectivity index (χ3v) is 3.94. The zero-order chi connectivity index (χ0) is 18.7. The Balaban J connectivity index is 1.71. The Morgan fingerprint density at radius 3 is 2.38 bits per heavy atom. The van der Waals surface area contributed by atoms with Gasteiger partial charge in [-0.3, -0.25) is 14.2 Å². The minimum atomic E-state index is -3.54. The second kappa shape index (κ2) is 7.30. The van der Waals surface area contributed by atoms with E-state index in [0.29, 0.717) is 27.9 Å². The van der Waals surface area contributed by atoms with Crippen LogP contribution in [0, 0.1) is 11.6 Å². The summed E-state index contributed by atoms with van der Waals surface area (Å²) in [5.74, 6) is -1.44. The van der Waals surface area contributed by atoms with Gasteiger partial charge in [0.15, 0.2) is 11.6 Å². The Kier molecular flexibility index (Phi) is 5.10. The SMILES string of the molecule is CS(=O)(=O)OCc1cnc2cc(OCc3ccc(F)c(F)c3)cnc2c1. The molecule has 136 valence electrons. The number of hydrogen-bond donors (Lipinski definition) is 0. The Morgan fingerprint density at radius 2 is 1.65 bits per heavy atom. The van der Waals surface area contributed by atoms with E-state index in [1.807, 2.05) is 0 Å². The van der Waals surface area contributed by atoms with Crippen LogP contribution >= 0.6 is 0 Å². The maximum Gasteiger partial charge on any atom is 0.264 e. The van der Waals surface area contributed by atoms with E-state index in [1.165, 1.54) is 18.5 Å². The van der Waals surface area contributed by atoms with Gasteiger partial charge in [0.2, 0.25) is 0 Å². The summed E-state index contributed by atoms with van der Waals surface area (Å²) in [7, 11) is -3.54. The average molecular weight is 380 g/mol. The summed E-state index contributed by atoms with van der Waals surface area (Å²) in [5, 5.41) is 0. The van der Waals surface area contributed by atoms with Crippen molar-refractivity contribution in [2.24, 2.45) is 0 Å². The van der Waals surface area contributed by atoms with E-state index in [1.54, 1.807) is 12.1 Å². The summed E-state index contributed by atoms with van der Waals surface area (Å²) in [6, 6.07) is 6.83. The third-order valence-electron chi connectivity index (χ3n) is 3.39. The molecule has 0 bridgehead atoms. The van der Waals surface area contributed by atoms with Crippen molar-refractivity contribution in [2.75, 3.05) is 6.26 Å². The van der Waals surface area contributed by atoms with Gasteiger partial charge < -0.3 is 4.74 Å². The molecule has 2 heterocycles. The van der Waals surface area contributed by atoms with Gasteiger partial charge in [0.1, 0.15) is 12.4 Å². The lowest BCUT2D eigenvalue weighted by atomic mass is 10.2. The normalized spacial score (nSPS) is 11.7. The van der Waals surface area contributed by atoms with Crippen molar-refractivity contribution in [1.82, 2.24) is 9.97 Å². The van der Waals surface area contributed by atoms with Crippen LogP contribution in [0.25, 0.3) is 11.0 Å². The summed E-state index contributed by atoms with van der Waals surface area (Å²) < 4.78 is 58.4. The van der Waals surface area contributed by atoms with Crippen molar-refractivity contribution in [3.05, 3.63) is 65.5 Å². The van der Waals surface area contributed by atoms with Gasteiger partial charge in [-0.1, -0.05) is 6.07 Å². The van der Waals surface area contributed by atoms with Crippen molar-refractivity contribution in [1.29, 1.82) is 0 Å². The molecule has 0 spiro atoms. The Hall–Kier alpha value is -2.65. The first kappa shape index (κ1) is 18.2. The molecular formula is C17H14F2N2O4S. The van der Waals surface area contributed by atoms with Crippen LogP contribution in [0.1, 0.15) is 11.1 Å². The highest BCUT2D eigenvalue weighted by atomic mass is 32.2. The van der Waals surface area contributed by atoms with Crippen LogP contribution < -0.4 is 4.74 Å². The van der Waals surface area contributed by atoms with Gasteiger partial charge in [0.25, 0.3) is 10.1 Å². The summed E-state index contributed by atoms with van der Waals surface area (Å²) in [6.45, 7) is -0.0808. The van der Waals surface area contributed by atoms with Crippen LogP contribution in [0.3, 0.4) is 0 Å². The van der Waals surface area contributed by atoms with Crippen LogP contribution in [0.5, 0.6) is 5.75 Å². The van der Waals surface area contributed by atoms with E-state index in [9.17, 15) is 17.2 Å². The van der Waals surface area contributed by atoms with Gasteiger partial charge in [-0.05, 0) is 29.3 Å². The highest BCUT2D eigenvalue weighted by Crippen LogP contribution is 2.19. The average Bonchev–Trinajstić information content (AvgIpc) is 2.60. The Bertz CT molecular complexity index is 1060. The summed E-state index contributed by atoms with van der Waals surface area (Å²) in [6.07, 6.45) is 3.91. The molecule has 3 rings (SSSR count). The number of fused-ring (bicyclic) bond motifs is 1. The Labute approximate surface area is 148 Å². The van der Waals surface area contributed by atoms with Crippen LogP contribution in [0.2, 0.25) is 0 Å². The van der Waals surface area contributed by atoms with Gasteiger partial charge in [-0.15, -0.1) is 0 Å². The van der Waals surface area contributed by atoms with Crippen LogP contribution in [0.4, 0.5) is 8.78 Å². The molecule has 26 heavy (non-hydrogen) atoms. The van der Waals surface area contributed by atoms with Crippen molar-refractivity contribution in [3.63, 3.8) is 0 Å². The van der Waals surface area contributed by atoms with E-state index in [4.69, 9.17) is 8.92 Å². The van der Waals surface area contributed by atoms with E-state index < -0.39 is 21.8 Å². The number of ether oxygens (including phenoxy) is 1. The first-order chi connectivity index (χ1) is 12.3. The topological polar surface area (TPSA) is 78.4 Å². The number of hydrogen-bond acceptors (Lipinski definition) is 6. The van der Waals surface area contributed by atoms with Gasteiger partial charge >= 0.3 is 0 Å². The number of pyridine rings is 2. The van der Waals surface area contributed by atoms with Gasteiger partial charge in [-0.2, -0.15) is 8.42 Å². The number of halogens is 2. The molecule has 0 radical (unpaired) electrons. The smallest absolute Gasteiger partial charge is 0.264 e. The molecule has 0 aliphatic rings. The maximum absolute atomic E-state index is 13.2. The van der Waals surface area contributed by atoms with Crippen LogP contribution in [-0.2, 0) is 27.5 Å². The Morgan fingerprint density at radius 1 is 0.923 bits per heavy atom. The second-order valence-electron chi connectivity index (χ2n) is 5.56. The fourth-order valence-corrected chi connectivity index (χ4v) is 2.50.